The number of halogens is 2. The maximum atomic E-state index is 15.3. The molecule has 4 amide bonds. The number of aliphatic carboxylic acids is 1. The van der Waals surface area contributed by atoms with Gasteiger partial charge in [-0.05, 0) is 61.5 Å². The van der Waals surface area contributed by atoms with E-state index in [0.717, 1.165) is 4.90 Å². The molecule has 2 aromatic carbocycles. The molecule has 0 fully saturated rings. The summed E-state index contributed by atoms with van der Waals surface area (Å²) in [5.41, 5.74) is -0.707. The van der Waals surface area contributed by atoms with Crippen molar-refractivity contribution in [2.45, 2.75) is 24.3 Å². The molecule has 1 unspecified atom stereocenters. The molecule has 4 heterocycles. The summed E-state index contributed by atoms with van der Waals surface area (Å²) in [4.78, 5) is 68.1. The molecule has 0 spiro atoms. The molecule has 2 aliphatic heterocycles. The number of nitrogens with zero attached hydrogens (tertiary/aromatic N) is 6. The van der Waals surface area contributed by atoms with Crippen LogP contribution in [0.5, 0.6) is 5.75 Å². The van der Waals surface area contributed by atoms with Gasteiger partial charge in [0.2, 0.25) is 0 Å². The van der Waals surface area contributed by atoms with E-state index in [1.807, 2.05) is 0 Å². The van der Waals surface area contributed by atoms with Gasteiger partial charge in [-0.3, -0.25) is 19.5 Å². The van der Waals surface area contributed by atoms with Crippen LogP contribution in [0, 0.1) is 17.6 Å². The second kappa shape index (κ2) is 15.1. The first-order valence-electron chi connectivity index (χ1n) is 16.0. The number of amides is 4. The fraction of sp³-hybridized carbons (Fsp3) is 0.171. The number of aromatic nitrogens is 3. The van der Waals surface area contributed by atoms with Crippen LogP contribution in [0.15, 0.2) is 89.3 Å². The van der Waals surface area contributed by atoms with Crippen molar-refractivity contribution in [3.8, 4) is 17.1 Å². The van der Waals surface area contributed by atoms with Crippen LogP contribution in [-0.2, 0) is 26.0 Å². The molecule has 3 N–H and O–H groups in total. The summed E-state index contributed by atoms with van der Waals surface area (Å²) in [6, 6.07) is 7.07. The standard InChI is InChI=1S/C35H28F2N8O8S/c1-3-53-28-13-19(31-39-10-4-11-40-31)5-8-29(28)54(51,52)43-21-14-24(36)30(25(37)15-21)32(46)42-26(34(48)49)16-20-6-7-22(17-41-20)45-33(47)23-9-12-38-18-27(23)44(2)35(45)50/h4-15,17-18,23,26H,3,16H2,1-2H3,(H2-,42,43,46,48,49)/p+1/t23?,26-/m0/s1. The number of carboxylic acid groups (broad SMARTS) is 1. The van der Waals surface area contributed by atoms with Crippen molar-refractivity contribution in [3.63, 3.8) is 0 Å². The van der Waals surface area contributed by atoms with Gasteiger partial charge in [-0.2, -0.15) is 9.37 Å². The number of imide groups is 1. The zero-order chi connectivity index (χ0) is 38.7. The number of sulfonamides is 1. The van der Waals surface area contributed by atoms with Gasteiger partial charge in [0.1, 0.15) is 45.5 Å². The number of carboxylic acids is 1. The Morgan fingerprint density at radius 3 is 2.43 bits per heavy atom. The van der Waals surface area contributed by atoms with Gasteiger partial charge in [0, 0.05) is 36.3 Å². The minimum absolute atomic E-state index is 0.0821. The van der Waals surface area contributed by atoms with E-state index in [1.54, 1.807) is 13.0 Å². The number of nitrogens with one attached hydrogen (secondary N) is 2. The average Bonchev–Trinajstić information content (AvgIpc) is 3.14. The minimum Gasteiger partial charge on any atom is -0.492 e. The van der Waals surface area contributed by atoms with Crippen LogP contribution in [0.2, 0.25) is 0 Å². The molecular formula is C35H29F2N8O8S+. The number of anilines is 2. The molecule has 16 nitrogen and oxygen atoms in total. The second-order valence-corrected chi connectivity index (χ2v) is 13.4. The van der Waals surface area contributed by atoms with Gasteiger partial charge in [0.25, 0.3) is 15.9 Å². The molecule has 54 heavy (non-hydrogen) atoms. The fourth-order valence-corrected chi connectivity index (χ4v) is 6.79. The summed E-state index contributed by atoms with van der Waals surface area (Å²) in [6.07, 6.45) is 8.11. The summed E-state index contributed by atoms with van der Waals surface area (Å²) >= 11 is 0. The lowest BCUT2D eigenvalue weighted by Crippen LogP contribution is -2.54. The van der Waals surface area contributed by atoms with Crippen molar-refractivity contribution in [2.24, 2.45) is 10.9 Å². The maximum Gasteiger partial charge on any atom is 0.506 e. The number of urea groups is 1. The first-order valence-corrected chi connectivity index (χ1v) is 17.5. The van der Waals surface area contributed by atoms with Crippen LogP contribution in [0.3, 0.4) is 0 Å². The predicted octanol–water partition coefficient (Wildman–Crippen LogP) is 3.21. The number of carbonyl (C=O) groups excluding carboxylic acids is 3. The van der Waals surface area contributed by atoms with Crippen LogP contribution in [0.25, 0.3) is 11.4 Å². The summed E-state index contributed by atoms with van der Waals surface area (Å²) in [5.74, 6) is -7.07. The van der Waals surface area contributed by atoms with E-state index in [0.29, 0.717) is 29.2 Å². The largest absolute Gasteiger partial charge is 0.506 e. The van der Waals surface area contributed by atoms with Gasteiger partial charge in [0.15, 0.2) is 11.5 Å². The van der Waals surface area contributed by atoms with Crippen molar-refractivity contribution >= 4 is 57.1 Å². The molecule has 0 radical (unpaired) electrons. The van der Waals surface area contributed by atoms with E-state index >= 15 is 8.78 Å². The molecule has 6 rings (SSSR count). The Kier molecular flexibility index (Phi) is 10.3. The smallest absolute Gasteiger partial charge is 0.492 e. The van der Waals surface area contributed by atoms with Crippen LogP contribution >= 0.6 is 0 Å². The van der Waals surface area contributed by atoms with Crippen molar-refractivity contribution < 1.29 is 50.8 Å². The van der Waals surface area contributed by atoms with Gasteiger partial charge in [-0.1, -0.05) is 0 Å². The van der Waals surface area contributed by atoms with Crippen LogP contribution in [0.1, 0.15) is 23.0 Å². The number of carbonyl (C=O) groups is 4. The van der Waals surface area contributed by atoms with E-state index < -0.39 is 75.1 Å². The van der Waals surface area contributed by atoms with E-state index in [-0.39, 0.29) is 28.6 Å². The molecule has 0 aliphatic carbocycles. The Labute approximate surface area is 305 Å². The van der Waals surface area contributed by atoms with Gasteiger partial charge in [0.05, 0.1) is 31.8 Å². The fourth-order valence-electron chi connectivity index (χ4n) is 5.62. The monoisotopic (exact) mass is 759 g/mol. The number of hydrogen-bond donors (Lipinski definition) is 3. The first kappa shape index (κ1) is 37.0. The number of rotatable bonds is 12. The van der Waals surface area contributed by atoms with Crippen molar-refractivity contribution in [1.29, 1.82) is 0 Å². The molecule has 0 bridgehead atoms. The summed E-state index contributed by atoms with van der Waals surface area (Å²) in [7, 11) is -3.03. The van der Waals surface area contributed by atoms with Crippen LogP contribution in [0.4, 0.5) is 25.0 Å². The number of fused-ring (bicyclic) bond motifs is 1. The maximum absolute atomic E-state index is 15.3. The summed E-state index contributed by atoms with van der Waals surface area (Å²) in [6.45, 7) is 1.71. The Bertz CT molecular complexity index is 2370. The highest BCUT2D eigenvalue weighted by Crippen LogP contribution is 2.31. The number of aliphatic imine (C=N–C) groups is 1. The van der Waals surface area contributed by atoms with Gasteiger partial charge < -0.3 is 15.2 Å². The van der Waals surface area contributed by atoms with E-state index in [4.69, 9.17) is 4.74 Å². The second-order valence-electron chi connectivity index (χ2n) is 11.7. The normalized spacial score (nSPS) is 15.9. The lowest BCUT2D eigenvalue weighted by atomic mass is 9.98. The van der Waals surface area contributed by atoms with Crippen molar-refractivity contribution in [2.75, 3.05) is 23.3 Å². The molecular weight excluding hydrogens is 730 g/mol. The third kappa shape index (κ3) is 7.42. The van der Waals surface area contributed by atoms with Crippen molar-refractivity contribution in [3.05, 3.63) is 102 Å². The molecule has 2 atom stereocenters. The highest BCUT2D eigenvalue weighted by atomic mass is 32.2. The lowest BCUT2D eigenvalue weighted by Gasteiger charge is -2.24. The lowest BCUT2D eigenvalue weighted by molar-refractivity contribution is -0.392. The molecule has 2 aliphatic rings. The zero-order valence-electron chi connectivity index (χ0n) is 28.3. The highest BCUT2D eigenvalue weighted by molar-refractivity contribution is 7.92. The molecule has 0 saturated carbocycles. The summed E-state index contributed by atoms with van der Waals surface area (Å²) < 4.78 is 66.0. The SMILES string of the molecule is CCOc1cc(-c2ncccn2)ccc1S(=O)(=O)Nc1cc(F)c(C(=O)N[C@@H](Cc2ccc(N3C(=O)C4C=CN=CC4=[N+](C)C3=O)cn2)C(=O)O)c(F)c1. The van der Waals surface area contributed by atoms with Crippen LogP contribution < -0.4 is 19.7 Å². The Morgan fingerprint density at radius 1 is 1.06 bits per heavy atom. The molecule has 2 aromatic heterocycles. The predicted molar refractivity (Wildman–Crippen MR) is 188 cm³/mol. The highest BCUT2D eigenvalue weighted by Gasteiger charge is 2.47. The average molecular weight is 760 g/mol. The van der Waals surface area contributed by atoms with E-state index in [2.05, 4.69) is 30.0 Å². The van der Waals surface area contributed by atoms with Gasteiger partial charge in [-0.15, -0.1) is 4.90 Å². The van der Waals surface area contributed by atoms with Gasteiger partial charge in [-0.25, -0.2) is 36.8 Å². The molecule has 4 aromatic rings. The summed E-state index contributed by atoms with van der Waals surface area (Å²) in [5, 5.41) is 11.9. The topological polar surface area (TPSA) is 213 Å². The first-order chi connectivity index (χ1) is 25.8. The van der Waals surface area contributed by atoms with Gasteiger partial charge >= 0.3 is 17.9 Å². The number of hydrogen-bond acceptors (Lipinski definition) is 11. The van der Waals surface area contributed by atoms with Crippen LogP contribution in [-0.4, -0.2) is 88.5 Å². The third-order valence-electron chi connectivity index (χ3n) is 8.20. The Morgan fingerprint density at radius 2 is 1.78 bits per heavy atom. The van der Waals surface area contributed by atoms with Crippen molar-refractivity contribution in [1.82, 2.24) is 20.3 Å². The number of benzene rings is 2. The van der Waals surface area contributed by atoms with E-state index in [9.17, 15) is 32.7 Å². The quantitative estimate of drug-likeness (QED) is 0.179. The Hall–Kier alpha value is -6.76. The third-order valence-corrected chi connectivity index (χ3v) is 9.63. The van der Waals surface area contributed by atoms with E-state index in [1.165, 1.54) is 79.0 Å². The number of pyridine rings is 1. The molecule has 0 saturated heterocycles. The molecule has 19 heteroatoms. The minimum atomic E-state index is -4.51. The molecule has 276 valence electrons. The Balaban J connectivity index is 1.16. The number of ether oxygens (including phenoxy) is 1. The zero-order valence-corrected chi connectivity index (χ0v) is 29.1.